The van der Waals surface area contributed by atoms with Crippen LogP contribution in [0.4, 0.5) is 10.5 Å². The van der Waals surface area contributed by atoms with Crippen LogP contribution in [0, 0.1) is 0 Å². The van der Waals surface area contributed by atoms with Crippen molar-refractivity contribution in [2.75, 3.05) is 25.5 Å². The number of methoxy groups -OCH3 is 1. The van der Waals surface area contributed by atoms with Gasteiger partial charge in [0.2, 0.25) is 0 Å². The maximum Gasteiger partial charge on any atom is 0.412 e. The largest absolute Gasteiger partial charge is 0.494 e. The van der Waals surface area contributed by atoms with Crippen molar-refractivity contribution in [3.63, 3.8) is 0 Å². The van der Waals surface area contributed by atoms with E-state index in [2.05, 4.69) is 21.5 Å². The molecule has 2 aromatic rings. The second-order valence-electron chi connectivity index (χ2n) is 9.86. The number of piperidine rings is 1. The van der Waals surface area contributed by atoms with Crippen LogP contribution in [-0.2, 0) is 9.47 Å². The van der Waals surface area contributed by atoms with Crippen LogP contribution in [0.5, 0.6) is 5.75 Å². The molecule has 2 N–H and O–H groups in total. The first-order chi connectivity index (χ1) is 15.3. The number of hydrogen-bond acceptors (Lipinski definition) is 6. The van der Waals surface area contributed by atoms with Crippen LogP contribution in [0.25, 0.3) is 10.9 Å². The minimum Gasteiger partial charge on any atom is -0.494 e. The number of fused-ring (bicyclic) bond motifs is 1. The SMILES string of the molecule is COc1cc2nn(C3CCC(OC4CCNCC4)CC3)cc2cc1NC(=O)OC(C)(C)C. The minimum absolute atomic E-state index is 0.364. The Labute approximate surface area is 190 Å². The van der Waals surface area contributed by atoms with Crippen molar-refractivity contribution >= 4 is 22.7 Å². The molecule has 0 bridgehead atoms. The molecule has 1 saturated carbocycles. The molecule has 1 aromatic carbocycles. The highest BCUT2D eigenvalue weighted by molar-refractivity contribution is 5.93. The minimum atomic E-state index is -0.567. The van der Waals surface area contributed by atoms with E-state index >= 15 is 0 Å². The number of hydrogen-bond donors (Lipinski definition) is 2. The third-order valence-corrected chi connectivity index (χ3v) is 6.17. The molecule has 0 radical (unpaired) electrons. The van der Waals surface area contributed by atoms with Crippen LogP contribution in [0.3, 0.4) is 0 Å². The van der Waals surface area contributed by atoms with E-state index in [1.807, 2.05) is 32.9 Å². The number of benzene rings is 1. The Morgan fingerprint density at radius 1 is 1.09 bits per heavy atom. The zero-order valence-electron chi connectivity index (χ0n) is 19.6. The van der Waals surface area contributed by atoms with Gasteiger partial charge in [-0.3, -0.25) is 10.00 Å². The molecular weight excluding hydrogens is 408 g/mol. The summed E-state index contributed by atoms with van der Waals surface area (Å²) in [6, 6.07) is 4.13. The molecule has 1 aliphatic heterocycles. The molecule has 0 atom stereocenters. The molecule has 4 rings (SSSR count). The summed E-state index contributed by atoms with van der Waals surface area (Å²) in [5.74, 6) is 0.563. The highest BCUT2D eigenvalue weighted by Crippen LogP contribution is 2.34. The molecule has 2 aliphatic rings. The van der Waals surface area contributed by atoms with Gasteiger partial charge in [0.05, 0.1) is 36.6 Å². The Hall–Kier alpha value is -2.32. The molecular formula is C24H36N4O4. The van der Waals surface area contributed by atoms with Crippen molar-refractivity contribution in [1.82, 2.24) is 15.1 Å². The lowest BCUT2D eigenvalue weighted by Crippen LogP contribution is -2.36. The lowest BCUT2D eigenvalue weighted by molar-refractivity contribution is -0.0475. The first-order valence-corrected chi connectivity index (χ1v) is 11.7. The quantitative estimate of drug-likeness (QED) is 0.698. The monoisotopic (exact) mass is 444 g/mol. The summed E-state index contributed by atoms with van der Waals surface area (Å²) in [6.07, 6.45) is 8.82. The lowest BCUT2D eigenvalue weighted by atomic mass is 9.92. The maximum atomic E-state index is 12.2. The zero-order valence-corrected chi connectivity index (χ0v) is 19.6. The number of rotatable bonds is 5. The third-order valence-electron chi connectivity index (χ3n) is 6.17. The fraction of sp³-hybridized carbons (Fsp3) is 0.667. The average molecular weight is 445 g/mol. The molecule has 1 amide bonds. The number of nitrogens with zero attached hydrogens (tertiary/aromatic N) is 2. The lowest BCUT2D eigenvalue weighted by Gasteiger charge is -2.33. The first kappa shape index (κ1) is 22.9. The highest BCUT2D eigenvalue weighted by Gasteiger charge is 2.27. The van der Waals surface area contributed by atoms with Gasteiger partial charge in [0, 0.05) is 17.6 Å². The molecule has 8 heteroatoms. The standard InChI is InChI=1S/C24H36N4O4/c1-24(2,3)32-23(29)26-21-13-16-15-28(27-20(16)14-22(21)30-4)17-5-7-18(8-6-17)31-19-9-11-25-12-10-19/h13-15,17-19,25H,5-12H2,1-4H3,(H,26,29). The molecule has 176 valence electrons. The highest BCUT2D eigenvalue weighted by atomic mass is 16.6. The molecule has 1 saturated heterocycles. The number of ether oxygens (including phenoxy) is 3. The smallest absolute Gasteiger partial charge is 0.412 e. The first-order valence-electron chi connectivity index (χ1n) is 11.7. The number of anilines is 1. The van der Waals surface area contributed by atoms with Gasteiger partial charge in [-0.25, -0.2) is 4.79 Å². The molecule has 1 aromatic heterocycles. The van der Waals surface area contributed by atoms with E-state index in [0.717, 1.165) is 62.5 Å². The Morgan fingerprint density at radius 3 is 2.44 bits per heavy atom. The van der Waals surface area contributed by atoms with Gasteiger partial charge in [-0.15, -0.1) is 0 Å². The van der Waals surface area contributed by atoms with E-state index < -0.39 is 11.7 Å². The summed E-state index contributed by atoms with van der Waals surface area (Å²) in [4.78, 5) is 12.2. The van der Waals surface area contributed by atoms with E-state index in [0.29, 0.717) is 29.7 Å². The second kappa shape index (κ2) is 9.67. The van der Waals surface area contributed by atoms with Crippen LogP contribution in [-0.4, -0.2) is 53.9 Å². The van der Waals surface area contributed by atoms with Gasteiger partial charge in [0.15, 0.2) is 0 Å². The Bertz CT molecular complexity index is 922. The Morgan fingerprint density at radius 2 is 1.78 bits per heavy atom. The second-order valence-corrected chi connectivity index (χ2v) is 9.86. The maximum absolute atomic E-state index is 12.2. The predicted octanol–water partition coefficient (Wildman–Crippen LogP) is 4.64. The summed E-state index contributed by atoms with van der Waals surface area (Å²) in [7, 11) is 1.59. The van der Waals surface area contributed by atoms with Crippen LogP contribution >= 0.6 is 0 Å². The van der Waals surface area contributed by atoms with E-state index in [-0.39, 0.29) is 0 Å². The molecule has 0 spiro atoms. The molecule has 0 unspecified atom stereocenters. The van der Waals surface area contributed by atoms with E-state index in [4.69, 9.17) is 19.3 Å². The van der Waals surface area contributed by atoms with Crippen molar-refractivity contribution < 1.29 is 19.0 Å². The molecule has 1 aliphatic carbocycles. The number of amides is 1. The van der Waals surface area contributed by atoms with E-state index in [1.54, 1.807) is 7.11 Å². The van der Waals surface area contributed by atoms with Crippen molar-refractivity contribution in [3.05, 3.63) is 18.3 Å². The van der Waals surface area contributed by atoms with Gasteiger partial charge >= 0.3 is 6.09 Å². The van der Waals surface area contributed by atoms with Crippen molar-refractivity contribution in [1.29, 1.82) is 0 Å². The van der Waals surface area contributed by atoms with Gasteiger partial charge in [-0.2, -0.15) is 5.10 Å². The van der Waals surface area contributed by atoms with Gasteiger partial charge in [0.1, 0.15) is 11.4 Å². The number of carbonyl (C=O) groups excluding carboxylic acids is 1. The zero-order chi connectivity index (χ0) is 22.7. The molecule has 2 fully saturated rings. The van der Waals surface area contributed by atoms with Crippen molar-refractivity contribution in [2.24, 2.45) is 0 Å². The summed E-state index contributed by atoms with van der Waals surface area (Å²) < 4.78 is 19.3. The molecule has 32 heavy (non-hydrogen) atoms. The molecule has 2 heterocycles. The number of carbonyl (C=O) groups is 1. The van der Waals surface area contributed by atoms with Crippen LogP contribution in [0.1, 0.15) is 65.3 Å². The van der Waals surface area contributed by atoms with Crippen LogP contribution in [0.15, 0.2) is 18.3 Å². The van der Waals surface area contributed by atoms with Crippen molar-refractivity contribution in [2.45, 2.75) is 83.1 Å². The molecule has 8 nitrogen and oxygen atoms in total. The summed E-state index contributed by atoms with van der Waals surface area (Å²) in [6.45, 7) is 7.64. The van der Waals surface area contributed by atoms with Gasteiger partial charge in [-0.1, -0.05) is 0 Å². The number of aromatic nitrogens is 2. The summed E-state index contributed by atoms with van der Waals surface area (Å²) in [5, 5.41) is 12.0. The number of nitrogens with one attached hydrogen (secondary N) is 2. The van der Waals surface area contributed by atoms with Crippen LogP contribution in [0.2, 0.25) is 0 Å². The summed E-state index contributed by atoms with van der Waals surface area (Å²) in [5.41, 5.74) is 0.862. The summed E-state index contributed by atoms with van der Waals surface area (Å²) >= 11 is 0. The Kier molecular flexibility index (Phi) is 6.90. The predicted molar refractivity (Wildman–Crippen MR) is 124 cm³/mol. The van der Waals surface area contributed by atoms with E-state index in [9.17, 15) is 4.79 Å². The van der Waals surface area contributed by atoms with Crippen molar-refractivity contribution in [3.8, 4) is 5.75 Å². The average Bonchev–Trinajstić information content (AvgIpc) is 3.16. The van der Waals surface area contributed by atoms with Gasteiger partial charge in [-0.05, 0) is 78.5 Å². The van der Waals surface area contributed by atoms with E-state index in [1.165, 1.54) is 0 Å². The Balaban J connectivity index is 1.41. The van der Waals surface area contributed by atoms with Crippen LogP contribution < -0.4 is 15.4 Å². The van der Waals surface area contributed by atoms with Gasteiger partial charge in [0.25, 0.3) is 0 Å². The fourth-order valence-electron chi connectivity index (χ4n) is 4.59. The van der Waals surface area contributed by atoms with Gasteiger partial charge < -0.3 is 19.5 Å². The topological polar surface area (TPSA) is 86.6 Å². The fourth-order valence-corrected chi connectivity index (χ4v) is 4.59. The third kappa shape index (κ3) is 5.72. The normalized spacial score (nSPS) is 22.6.